The van der Waals surface area contributed by atoms with Crippen LogP contribution in [0.1, 0.15) is 26.2 Å². The quantitative estimate of drug-likeness (QED) is 0.881. The Morgan fingerprint density at radius 3 is 2.72 bits per heavy atom. The van der Waals surface area contributed by atoms with Crippen molar-refractivity contribution in [2.75, 3.05) is 38.2 Å². The monoisotopic (exact) mass is 345 g/mol. The molecule has 6 nitrogen and oxygen atoms in total. The molecule has 2 aliphatic rings. The van der Waals surface area contributed by atoms with E-state index in [0.29, 0.717) is 18.9 Å². The van der Waals surface area contributed by atoms with E-state index in [1.165, 1.54) is 0 Å². The van der Waals surface area contributed by atoms with Crippen LogP contribution in [0.2, 0.25) is 0 Å². The number of nitrogens with one attached hydrogen (secondary N) is 1. The van der Waals surface area contributed by atoms with E-state index in [0.717, 1.165) is 31.6 Å². The molecule has 2 amide bonds. The number of nitrogens with zero attached hydrogens (tertiary/aromatic N) is 2. The fraction of sp³-hybridized carbons (Fsp3) is 0.579. The number of hydrogen-bond acceptors (Lipinski definition) is 4. The molecule has 1 aromatic carbocycles. The maximum absolute atomic E-state index is 12.6. The Labute approximate surface area is 149 Å². The summed E-state index contributed by atoms with van der Waals surface area (Å²) in [6, 6.07) is 7.73. The predicted molar refractivity (Wildman–Crippen MR) is 96.7 cm³/mol. The highest BCUT2D eigenvalue weighted by atomic mass is 16.5. The standard InChI is InChI=1S/C19H27N3O3/c1-3-25-17-7-5-4-6-16(17)22-13-14(12-18(22)23)19(24)20-15-8-10-21(2)11-9-15/h4-7,14-15H,3,8-13H2,1-2H3,(H,20,24). The van der Waals surface area contributed by atoms with Crippen molar-refractivity contribution in [3.63, 3.8) is 0 Å². The maximum atomic E-state index is 12.6. The van der Waals surface area contributed by atoms with Gasteiger partial charge in [0.2, 0.25) is 11.8 Å². The molecule has 1 atom stereocenters. The summed E-state index contributed by atoms with van der Waals surface area (Å²) < 4.78 is 5.63. The molecule has 3 rings (SSSR count). The van der Waals surface area contributed by atoms with E-state index in [1.54, 1.807) is 4.90 Å². The number of likely N-dealkylation sites (tertiary alicyclic amines) is 1. The first-order valence-electron chi connectivity index (χ1n) is 9.09. The summed E-state index contributed by atoms with van der Waals surface area (Å²) in [5.41, 5.74) is 0.754. The summed E-state index contributed by atoms with van der Waals surface area (Å²) >= 11 is 0. The van der Waals surface area contributed by atoms with E-state index in [-0.39, 0.29) is 30.2 Å². The van der Waals surface area contributed by atoms with Gasteiger partial charge in [-0.2, -0.15) is 0 Å². The molecule has 2 saturated heterocycles. The molecule has 25 heavy (non-hydrogen) atoms. The average molecular weight is 345 g/mol. The summed E-state index contributed by atoms with van der Waals surface area (Å²) in [4.78, 5) is 29.0. The fourth-order valence-electron chi connectivity index (χ4n) is 3.55. The van der Waals surface area contributed by atoms with Crippen LogP contribution < -0.4 is 15.0 Å². The van der Waals surface area contributed by atoms with Crippen LogP contribution in [0.15, 0.2) is 24.3 Å². The lowest BCUT2D eigenvalue weighted by Gasteiger charge is -2.30. The molecule has 1 unspecified atom stereocenters. The van der Waals surface area contributed by atoms with E-state index in [2.05, 4.69) is 17.3 Å². The largest absolute Gasteiger partial charge is 0.492 e. The lowest BCUT2D eigenvalue weighted by Crippen LogP contribution is -2.45. The number of amides is 2. The van der Waals surface area contributed by atoms with Crippen LogP contribution in [-0.4, -0.2) is 56.0 Å². The summed E-state index contributed by atoms with van der Waals surface area (Å²) in [5.74, 6) is 0.381. The van der Waals surface area contributed by atoms with Crippen molar-refractivity contribution in [1.82, 2.24) is 10.2 Å². The third-order valence-electron chi connectivity index (χ3n) is 5.02. The zero-order valence-electron chi connectivity index (χ0n) is 15.0. The first kappa shape index (κ1) is 17.7. The van der Waals surface area contributed by atoms with Crippen molar-refractivity contribution in [3.8, 4) is 5.75 Å². The Hall–Kier alpha value is -2.08. The van der Waals surface area contributed by atoms with Gasteiger partial charge in [0.05, 0.1) is 18.2 Å². The van der Waals surface area contributed by atoms with Crippen LogP contribution in [0.5, 0.6) is 5.75 Å². The summed E-state index contributed by atoms with van der Waals surface area (Å²) in [6.45, 7) is 4.88. The molecule has 0 saturated carbocycles. The molecule has 0 bridgehead atoms. The van der Waals surface area contributed by atoms with Gasteiger partial charge < -0.3 is 19.9 Å². The van der Waals surface area contributed by atoms with Crippen molar-refractivity contribution in [1.29, 1.82) is 0 Å². The zero-order valence-corrected chi connectivity index (χ0v) is 15.0. The van der Waals surface area contributed by atoms with Gasteiger partial charge in [0.1, 0.15) is 5.75 Å². The van der Waals surface area contributed by atoms with Gasteiger partial charge in [0, 0.05) is 19.0 Å². The number of benzene rings is 1. The number of para-hydroxylation sites is 2. The van der Waals surface area contributed by atoms with Crippen molar-refractivity contribution >= 4 is 17.5 Å². The fourth-order valence-corrected chi connectivity index (χ4v) is 3.55. The molecule has 0 aromatic heterocycles. The highest BCUT2D eigenvalue weighted by Gasteiger charge is 2.37. The average Bonchev–Trinajstić information content (AvgIpc) is 2.99. The number of hydrogen-bond donors (Lipinski definition) is 1. The minimum absolute atomic E-state index is 0.000654. The van der Waals surface area contributed by atoms with Crippen LogP contribution in [0, 0.1) is 5.92 Å². The van der Waals surface area contributed by atoms with Crippen LogP contribution in [0.3, 0.4) is 0 Å². The number of carbonyl (C=O) groups excluding carboxylic acids is 2. The zero-order chi connectivity index (χ0) is 17.8. The van der Waals surface area contributed by atoms with E-state index >= 15 is 0 Å². The third kappa shape index (κ3) is 4.12. The highest BCUT2D eigenvalue weighted by Crippen LogP contribution is 2.33. The van der Waals surface area contributed by atoms with Crippen molar-refractivity contribution < 1.29 is 14.3 Å². The second-order valence-electron chi connectivity index (χ2n) is 6.89. The number of piperidine rings is 1. The number of anilines is 1. The number of ether oxygens (including phenoxy) is 1. The topological polar surface area (TPSA) is 61.9 Å². The van der Waals surface area contributed by atoms with Gasteiger partial charge in [0.15, 0.2) is 0 Å². The lowest BCUT2D eigenvalue weighted by molar-refractivity contribution is -0.127. The summed E-state index contributed by atoms with van der Waals surface area (Å²) in [7, 11) is 2.10. The molecule has 2 fully saturated rings. The SMILES string of the molecule is CCOc1ccccc1N1CC(C(=O)NC2CCN(C)CC2)CC1=O. The van der Waals surface area contributed by atoms with Crippen LogP contribution in [-0.2, 0) is 9.59 Å². The first-order valence-corrected chi connectivity index (χ1v) is 9.09. The molecule has 2 aliphatic heterocycles. The van der Waals surface area contributed by atoms with Gasteiger partial charge in [-0.3, -0.25) is 9.59 Å². The van der Waals surface area contributed by atoms with Crippen molar-refractivity contribution in [2.24, 2.45) is 5.92 Å². The molecule has 1 aromatic rings. The minimum atomic E-state index is -0.290. The number of carbonyl (C=O) groups is 2. The van der Waals surface area contributed by atoms with Crippen molar-refractivity contribution in [3.05, 3.63) is 24.3 Å². The van der Waals surface area contributed by atoms with E-state index in [1.807, 2.05) is 31.2 Å². The van der Waals surface area contributed by atoms with Gasteiger partial charge in [-0.1, -0.05) is 12.1 Å². The van der Waals surface area contributed by atoms with Gasteiger partial charge in [-0.05, 0) is 52.0 Å². The number of rotatable bonds is 5. The molecule has 6 heteroatoms. The second-order valence-corrected chi connectivity index (χ2v) is 6.89. The van der Waals surface area contributed by atoms with Gasteiger partial charge in [-0.15, -0.1) is 0 Å². The predicted octanol–water partition coefficient (Wildman–Crippen LogP) is 1.65. The maximum Gasteiger partial charge on any atom is 0.227 e. The minimum Gasteiger partial charge on any atom is -0.492 e. The Balaban J connectivity index is 1.63. The van der Waals surface area contributed by atoms with E-state index in [9.17, 15) is 9.59 Å². The van der Waals surface area contributed by atoms with E-state index in [4.69, 9.17) is 4.74 Å². The molecule has 0 aliphatic carbocycles. The van der Waals surface area contributed by atoms with Gasteiger partial charge >= 0.3 is 0 Å². The Morgan fingerprint density at radius 1 is 1.28 bits per heavy atom. The van der Waals surface area contributed by atoms with Gasteiger partial charge in [-0.25, -0.2) is 0 Å². The molecule has 2 heterocycles. The molecule has 1 N–H and O–H groups in total. The van der Waals surface area contributed by atoms with Crippen LogP contribution in [0.4, 0.5) is 5.69 Å². The Morgan fingerprint density at radius 2 is 2.00 bits per heavy atom. The Bertz CT molecular complexity index is 626. The summed E-state index contributed by atoms with van der Waals surface area (Å²) in [5, 5.41) is 3.14. The van der Waals surface area contributed by atoms with Crippen LogP contribution >= 0.6 is 0 Å². The molecule has 136 valence electrons. The highest BCUT2D eigenvalue weighted by molar-refractivity contribution is 6.01. The normalized spacial score (nSPS) is 22.2. The third-order valence-corrected chi connectivity index (χ3v) is 5.02. The first-order chi connectivity index (χ1) is 12.1. The molecule has 0 radical (unpaired) electrons. The van der Waals surface area contributed by atoms with Gasteiger partial charge in [0.25, 0.3) is 0 Å². The second kappa shape index (κ2) is 7.87. The van der Waals surface area contributed by atoms with Crippen LogP contribution in [0.25, 0.3) is 0 Å². The Kier molecular flexibility index (Phi) is 5.58. The molecular weight excluding hydrogens is 318 g/mol. The lowest BCUT2D eigenvalue weighted by atomic mass is 10.0. The van der Waals surface area contributed by atoms with E-state index < -0.39 is 0 Å². The molecular formula is C19H27N3O3. The van der Waals surface area contributed by atoms with Crippen molar-refractivity contribution in [2.45, 2.75) is 32.2 Å². The molecule has 0 spiro atoms. The summed E-state index contributed by atoms with van der Waals surface area (Å²) in [6.07, 6.45) is 2.21. The smallest absolute Gasteiger partial charge is 0.227 e.